The highest BCUT2D eigenvalue weighted by atomic mass is 15.3. The molecule has 3 aromatic rings. The van der Waals surface area contributed by atoms with E-state index >= 15 is 0 Å². The Balaban J connectivity index is 1.42. The number of aryl methyl sites for hydroxylation is 4. The van der Waals surface area contributed by atoms with Crippen molar-refractivity contribution in [2.45, 2.75) is 40.2 Å². The molecule has 2 heterocycles. The van der Waals surface area contributed by atoms with Crippen LogP contribution in [0.3, 0.4) is 0 Å². The Hall–Kier alpha value is -2.76. The zero-order valence-electron chi connectivity index (χ0n) is 16.8. The van der Waals surface area contributed by atoms with E-state index in [1.165, 1.54) is 27.7 Å². The number of aromatic amines is 1. The van der Waals surface area contributed by atoms with E-state index < -0.39 is 0 Å². The highest BCUT2D eigenvalue weighted by Gasteiger charge is 2.06. The third-order valence-corrected chi connectivity index (χ3v) is 4.86. The second-order valence-electron chi connectivity index (χ2n) is 6.99. The van der Waals surface area contributed by atoms with E-state index in [-0.39, 0.29) is 0 Å². The van der Waals surface area contributed by atoms with Gasteiger partial charge in [-0.3, -0.25) is 9.67 Å². The minimum Gasteiger partial charge on any atom is -0.361 e. The van der Waals surface area contributed by atoms with Gasteiger partial charge in [-0.05, 0) is 50.8 Å². The number of para-hydroxylation sites is 1. The average Bonchev–Trinajstić information content (AvgIpc) is 3.20. The van der Waals surface area contributed by atoms with E-state index in [1.807, 2.05) is 14.0 Å². The van der Waals surface area contributed by atoms with Crippen LogP contribution < -0.4 is 10.6 Å². The summed E-state index contributed by atoms with van der Waals surface area (Å²) < 4.78 is 2.06. The Labute approximate surface area is 161 Å². The summed E-state index contributed by atoms with van der Waals surface area (Å²) in [4.78, 5) is 7.70. The number of hydrogen-bond donors (Lipinski definition) is 3. The van der Waals surface area contributed by atoms with Gasteiger partial charge in [0, 0.05) is 49.5 Å². The van der Waals surface area contributed by atoms with Gasteiger partial charge in [-0.15, -0.1) is 0 Å². The highest BCUT2D eigenvalue weighted by molar-refractivity contribution is 5.86. The topological polar surface area (TPSA) is 70.0 Å². The fourth-order valence-electron chi connectivity index (χ4n) is 3.44. The first-order valence-corrected chi connectivity index (χ1v) is 9.59. The molecule has 0 bridgehead atoms. The minimum atomic E-state index is 0.845. The van der Waals surface area contributed by atoms with Crippen LogP contribution in [0.25, 0.3) is 10.9 Å². The lowest BCUT2D eigenvalue weighted by Crippen LogP contribution is -2.39. The third kappa shape index (κ3) is 4.70. The van der Waals surface area contributed by atoms with Crippen LogP contribution in [0.1, 0.15) is 28.9 Å². The smallest absolute Gasteiger partial charge is 0.190 e. The summed E-state index contributed by atoms with van der Waals surface area (Å²) in [6.45, 7) is 8.89. The number of benzene rings is 1. The van der Waals surface area contributed by atoms with E-state index in [0.717, 1.165) is 44.1 Å². The second-order valence-corrected chi connectivity index (χ2v) is 6.99. The number of H-pyrrole nitrogens is 1. The fourth-order valence-corrected chi connectivity index (χ4v) is 3.44. The monoisotopic (exact) mass is 366 g/mol. The second kappa shape index (κ2) is 8.75. The molecule has 27 heavy (non-hydrogen) atoms. The van der Waals surface area contributed by atoms with Crippen molar-refractivity contribution in [2.24, 2.45) is 4.99 Å². The van der Waals surface area contributed by atoms with Crippen LogP contribution in [0.2, 0.25) is 0 Å². The quantitative estimate of drug-likeness (QED) is 0.342. The summed E-state index contributed by atoms with van der Waals surface area (Å²) in [5.74, 6) is 0.847. The summed E-state index contributed by atoms with van der Waals surface area (Å²) in [5.41, 5.74) is 6.14. The normalized spacial score (nSPS) is 11.9. The van der Waals surface area contributed by atoms with Gasteiger partial charge in [-0.25, -0.2) is 0 Å². The molecule has 6 heteroatoms. The van der Waals surface area contributed by atoms with Crippen LogP contribution in [0.15, 0.2) is 35.5 Å². The van der Waals surface area contributed by atoms with Crippen molar-refractivity contribution in [1.29, 1.82) is 0 Å². The lowest BCUT2D eigenvalue weighted by atomic mass is 10.1. The SMILES string of the molecule is CN=C(NCCCn1nc(C)cc1C)NCCc1c[nH]c2c(C)cccc12. The van der Waals surface area contributed by atoms with Crippen LogP contribution >= 0.6 is 0 Å². The molecule has 0 aliphatic rings. The molecule has 0 fully saturated rings. The van der Waals surface area contributed by atoms with Gasteiger partial charge in [-0.1, -0.05) is 18.2 Å². The van der Waals surface area contributed by atoms with Gasteiger partial charge in [0.25, 0.3) is 0 Å². The molecule has 0 aliphatic heterocycles. The predicted octanol–water partition coefficient (Wildman–Crippen LogP) is 3.09. The first kappa shape index (κ1) is 19.0. The molecular weight excluding hydrogens is 336 g/mol. The zero-order chi connectivity index (χ0) is 19.2. The summed E-state index contributed by atoms with van der Waals surface area (Å²) in [7, 11) is 1.81. The van der Waals surface area contributed by atoms with Crippen molar-refractivity contribution in [3.63, 3.8) is 0 Å². The number of guanidine groups is 1. The van der Waals surface area contributed by atoms with Gasteiger partial charge in [-0.2, -0.15) is 5.10 Å². The largest absolute Gasteiger partial charge is 0.361 e. The summed E-state index contributed by atoms with van der Waals surface area (Å²) in [6, 6.07) is 8.55. The van der Waals surface area contributed by atoms with Crippen molar-refractivity contribution in [3.05, 3.63) is 53.0 Å². The lowest BCUT2D eigenvalue weighted by Gasteiger charge is -2.12. The number of fused-ring (bicyclic) bond motifs is 1. The Bertz CT molecular complexity index is 918. The van der Waals surface area contributed by atoms with Crippen LogP contribution in [-0.4, -0.2) is 40.9 Å². The molecule has 0 atom stereocenters. The zero-order valence-corrected chi connectivity index (χ0v) is 16.8. The van der Waals surface area contributed by atoms with E-state index in [0.29, 0.717) is 0 Å². The molecule has 1 aromatic carbocycles. The first-order chi connectivity index (χ1) is 13.1. The van der Waals surface area contributed by atoms with Gasteiger partial charge in [0.1, 0.15) is 0 Å². The Morgan fingerprint density at radius 1 is 1.19 bits per heavy atom. The molecule has 6 nitrogen and oxygen atoms in total. The molecule has 3 N–H and O–H groups in total. The van der Waals surface area contributed by atoms with Crippen LogP contribution in [0.4, 0.5) is 0 Å². The van der Waals surface area contributed by atoms with Crippen molar-refractivity contribution in [1.82, 2.24) is 25.4 Å². The Kier molecular flexibility index (Phi) is 6.16. The van der Waals surface area contributed by atoms with E-state index in [2.05, 4.69) is 74.7 Å². The Morgan fingerprint density at radius 2 is 2.00 bits per heavy atom. The molecule has 0 aliphatic carbocycles. The summed E-state index contributed by atoms with van der Waals surface area (Å²) >= 11 is 0. The molecular formula is C21H30N6. The average molecular weight is 367 g/mol. The number of rotatable bonds is 7. The predicted molar refractivity (Wildman–Crippen MR) is 112 cm³/mol. The molecule has 0 spiro atoms. The number of nitrogens with zero attached hydrogens (tertiary/aromatic N) is 3. The molecule has 0 unspecified atom stereocenters. The van der Waals surface area contributed by atoms with Crippen molar-refractivity contribution < 1.29 is 0 Å². The number of aliphatic imine (C=N–C) groups is 1. The highest BCUT2D eigenvalue weighted by Crippen LogP contribution is 2.21. The van der Waals surface area contributed by atoms with E-state index in [1.54, 1.807) is 0 Å². The minimum absolute atomic E-state index is 0.845. The van der Waals surface area contributed by atoms with E-state index in [9.17, 15) is 0 Å². The number of hydrogen-bond acceptors (Lipinski definition) is 2. The number of nitrogens with one attached hydrogen (secondary N) is 3. The Morgan fingerprint density at radius 3 is 2.74 bits per heavy atom. The maximum Gasteiger partial charge on any atom is 0.190 e. The van der Waals surface area contributed by atoms with Gasteiger partial charge >= 0.3 is 0 Å². The standard InChI is InChI=1S/C21H30N6/c1-15-7-5-8-19-18(14-25-20(15)19)9-11-24-21(22-4)23-10-6-12-27-17(3)13-16(2)26-27/h5,7-8,13-14,25H,6,9-12H2,1-4H3,(H2,22,23,24). The number of aromatic nitrogens is 3. The van der Waals surface area contributed by atoms with Gasteiger partial charge in [0.15, 0.2) is 5.96 Å². The molecule has 0 amide bonds. The van der Waals surface area contributed by atoms with Crippen molar-refractivity contribution in [2.75, 3.05) is 20.1 Å². The summed E-state index contributed by atoms with van der Waals surface area (Å²) in [6.07, 6.45) is 4.07. The van der Waals surface area contributed by atoms with E-state index in [4.69, 9.17) is 0 Å². The maximum atomic E-state index is 4.50. The van der Waals surface area contributed by atoms with Gasteiger partial charge in [0.2, 0.25) is 0 Å². The molecule has 0 saturated carbocycles. The maximum absolute atomic E-state index is 4.50. The summed E-state index contributed by atoms with van der Waals surface area (Å²) in [5, 5.41) is 12.6. The van der Waals surface area contributed by atoms with Gasteiger partial charge in [0.05, 0.1) is 5.69 Å². The van der Waals surface area contributed by atoms with Gasteiger partial charge < -0.3 is 15.6 Å². The van der Waals surface area contributed by atoms with Crippen LogP contribution in [0.5, 0.6) is 0 Å². The third-order valence-electron chi connectivity index (χ3n) is 4.86. The van der Waals surface area contributed by atoms with Crippen molar-refractivity contribution in [3.8, 4) is 0 Å². The first-order valence-electron chi connectivity index (χ1n) is 9.59. The molecule has 3 rings (SSSR count). The lowest BCUT2D eigenvalue weighted by molar-refractivity contribution is 0.555. The molecule has 0 radical (unpaired) electrons. The molecule has 144 valence electrons. The van der Waals surface area contributed by atoms with Crippen molar-refractivity contribution >= 4 is 16.9 Å². The fraction of sp³-hybridized carbons (Fsp3) is 0.429. The molecule has 2 aromatic heterocycles. The molecule has 0 saturated heterocycles. The van der Waals surface area contributed by atoms with Crippen LogP contribution in [0, 0.1) is 20.8 Å². The van der Waals surface area contributed by atoms with Crippen LogP contribution in [-0.2, 0) is 13.0 Å².